The molecule has 0 aromatic heterocycles. The smallest absolute Gasteiger partial charge is 0.303 e. The van der Waals surface area contributed by atoms with Crippen molar-refractivity contribution in [1.82, 2.24) is 0 Å². The molecule has 0 radical (unpaired) electrons. The monoisotopic (exact) mass is 274 g/mol. The number of nitriles is 1. The highest BCUT2D eigenvalue weighted by Gasteiger charge is 2.32. The van der Waals surface area contributed by atoms with Gasteiger partial charge in [-0.2, -0.15) is 5.26 Å². The molecule has 5 heteroatoms. The van der Waals surface area contributed by atoms with Crippen LogP contribution in [0.15, 0.2) is 24.3 Å². The lowest BCUT2D eigenvalue weighted by atomic mass is 9.87. The van der Waals surface area contributed by atoms with E-state index in [1.807, 2.05) is 12.1 Å². The van der Waals surface area contributed by atoms with E-state index in [9.17, 15) is 9.90 Å². The molecule has 2 N–H and O–H groups in total. The minimum Gasteiger partial charge on any atom is -0.481 e. The van der Waals surface area contributed by atoms with Crippen LogP contribution in [-0.2, 0) is 4.79 Å². The predicted molar refractivity (Wildman–Crippen MR) is 74.4 cm³/mol. The first-order valence-electron chi connectivity index (χ1n) is 6.72. The Bertz CT molecular complexity index is 511. The average molecular weight is 274 g/mol. The highest BCUT2D eigenvalue weighted by atomic mass is 16.4. The number of carboxylic acid groups (broad SMARTS) is 1. The highest BCUT2D eigenvalue weighted by molar-refractivity contribution is 5.66. The summed E-state index contributed by atoms with van der Waals surface area (Å²) < 4.78 is 0. The second-order valence-corrected chi connectivity index (χ2v) is 5.26. The van der Waals surface area contributed by atoms with E-state index in [1.54, 1.807) is 12.1 Å². The first-order chi connectivity index (χ1) is 9.52. The van der Waals surface area contributed by atoms with Crippen molar-refractivity contribution in [1.29, 1.82) is 5.26 Å². The fraction of sp³-hybridized carbons (Fsp3) is 0.467. The lowest BCUT2D eigenvalue weighted by Crippen LogP contribution is -2.44. The molecule has 106 valence electrons. The highest BCUT2D eigenvalue weighted by Crippen LogP contribution is 2.29. The van der Waals surface area contributed by atoms with Crippen molar-refractivity contribution >= 4 is 11.7 Å². The zero-order valence-electron chi connectivity index (χ0n) is 11.2. The van der Waals surface area contributed by atoms with Crippen molar-refractivity contribution < 1.29 is 15.0 Å². The Morgan fingerprint density at radius 2 is 1.90 bits per heavy atom. The molecule has 1 aliphatic heterocycles. The van der Waals surface area contributed by atoms with Crippen molar-refractivity contribution in [3.63, 3.8) is 0 Å². The van der Waals surface area contributed by atoms with Crippen LogP contribution in [0, 0.1) is 11.3 Å². The summed E-state index contributed by atoms with van der Waals surface area (Å²) in [5.74, 6) is -0.868. The van der Waals surface area contributed by atoms with Crippen LogP contribution in [0.25, 0.3) is 0 Å². The molecule has 0 bridgehead atoms. The average Bonchev–Trinajstić information content (AvgIpc) is 2.46. The van der Waals surface area contributed by atoms with Crippen molar-refractivity contribution in [3.05, 3.63) is 29.8 Å². The van der Waals surface area contributed by atoms with Crippen LogP contribution in [0.1, 0.15) is 31.2 Å². The minimum absolute atomic E-state index is 0.00731. The molecule has 0 aliphatic carbocycles. The molecule has 20 heavy (non-hydrogen) atoms. The third-order valence-corrected chi connectivity index (χ3v) is 3.86. The maximum absolute atomic E-state index is 10.6. The molecule has 0 unspecified atom stereocenters. The Kier molecular flexibility index (Phi) is 4.26. The molecule has 2 rings (SSSR count). The van der Waals surface area contributed by atoms with E-state index < -0.39 is 11.6 Å². The number of aliphatic carboxylic acids is 1. The van der Waals surface area contributed by atoms with Crippen LogP contribution in [-0.4, -0.2) is 34.9 Å². The molecule has 1 heterocycles. The number of rotatable bonds is 4. The standard InChI is InChI=1S/C15H18N2O3/c16-11-12-1-3-13(4-2-12)17-9-7-15(20,8-10-17)6-5-14(18)19/h1-4,20H,5-10H2,(H,18,19). The Morgan fingerprint density at radius 3 is 2.40 bits per heavy atom. The molecule has 5 nitrogen and oxygen atoms in total. The van der Waals surface area contributed by atoms with Crippen LogP contribution >= 0.6 is 0 Å². The summed E-state index contributed by atoms with van der Waals surface area (Å²) in [7, 11) is 0. The normalized spacial score (nSPS) is 17.5. The van der Waals surface area contributed by atoms with Gasteiger partial charge in [-0.25, -0.2) is 0 Å². The van der Waals surface area contributed by atoms with Gasteiger partial charge in [-0.15, -0.1) is 0 Å². The maximum Gasteiger partial charge on any atom is 0.303 e. The van der Waals surface area contributed by atoms with Gasteiger partial charge < -0.3 is 15.1 Å². The number of anilines is 1. The third kappa shape index (κ3) is 3.49. The largest absolute Gasteiger partial charge is 0.481 e. The number of aliphatic hydroxyl groups is 1. The first-order valence-corrected chi connectivity index (χ1v) is 6.72. The van der Waals surface area contributed by atoms with Gasteiger partial charge >= 0.3 is 5.97 Å². The fourth-order valence-electron chi connectivity index (χ4n) is 2.52. The second-order valence-electron chi connectivity index (χ2n) is 5.26. The number of piperidine rings is 1. The van der Waals surface area contributed by atoms with Gasteiger partial charge in [0.1, 0.15) is 0 Å². The molecule has 0 spiro atoms. The Balaban J connectivity index is 1.93. The van der Waals surface area contributed by atoms with E-state index in [1.165, 1.54) is 0 Å². The Labute approximate surface area is 118 Å². The van der Waals surface area contributed by atoms with Crippen LogP contribution in [0.5, 0.6) is 0 Å². The van der Waals surface area contributed by atoms with Gasteiger partial charge in [-0.3, -0.25) is 4.79 Å². The predicted octanol–water partition coefficient (Wildman–Crippen LogP) is 1.75. The van der Waals surface area contributed by atoms with E-state index in [0.29, 0.717) is 37.9 Å². The van der Waals surface area contributed by atoms with Gasteiger partial charge in [-0.1, -0.05) is 0 Å². The van der Waals surface area contributed by atoms with Crippen LogP contribution < -0.4 is 4.90 Å². The number of carboxylic acids is 1. The molecular formula is C15H18N2O3. The molecule has 0 atom stereocenters. The lowest BCUT2D eigenvalue weighted by Gasteiger charge is -2.39. The van der Waals surface area contributed by atoms with Crippen LogP contribution in [0.3, 0.4) is 0 Å². The minimum atomic E-state index is -0.868. The van der Waals surface area contributed by atoms with Gasteiger partial charge in [0.15, 0.2) is 0 Å². The lowest BCUT2D eigenvalue weighted by molar-refractivity contribution is -0.138. The van der Waals surface area contributed by atoms with Gasteiger partial charge in [0.25, 0.3) is 0 Å². The van der Waals surface area contributed by atoms with E-state index in [0.717, 1.165) is 5.69 Å². The van der Waals surface area contributed by atoms with Crippen molar-refractivity contribution in [2.75, 3.05) is 18.0 Å². The number of nitrogens with zero attached hydrogens (tertiary/aromatic N) is 2. The second kappa shape index (κ2) is 5.93. The number of hydrogen-bond acceptors (Lipinski definition) is 4. The van der Waals surface area contributed by atoms with E-state index in [2.05, 4.69) is 11.0 Å². The van der Waals surface area contributed by atoms with E-state index in [-0.39, 0.29) is 6.42 Å². The summed E-state index contributed by atoms with van der Waals surface area (Å²) in [6.45, 7) is 1.39. The Morgan fingerprint density at radius 1 is 1.30 bits per heavy atom. The summed E-state index contributed by atoms with van der Waals surface area (Å²) in [5, 5.41) is 27.8. The third-order valence-electron chi connectivity index (χ3n) is 3.86. The SMILES string of the molecule is N#Cc1ccc(N2CCC(O)(CCC(=O)O)CC2)cc1. The van der Waals surface area contributed by atoms with Crippen LogP contribution in [0.4, 0.5) is 5.69 Å². The van der Waals surface area contributed by atoms with Crippen molar-refractivity contribution in [3.8, 4) is 6.07 Å². The quantitative estimate of drug-likeness (QED) is 0.873. The Hall–Kier alpha value is -2.06. The molecule has 0 saturated carbocycles. The molecule has 1 fully saturated rings. The van der Waals surface area contributed by atoms with Crippen molar-refractivity contribution in [2.24, 2.45) is 0 Å². The van der Waals surface area contributed by atoms with Gasteiger partial charge in [0.2, 0.25) is 0 Å². The summed E-state index contributed by atoms with van der Waals surface area (Å²) in [5.41, 5.74) is 0.801. The fourth-order valence-corrected chi connectivity index (χ4v) is 2.52. The maximum atomic E-state index is 10.6. The van der Waals surface area contributed by atoms with E-state index in [4.69, 9.17) is 10.4 Å². The molecule has 1 aliphatic rings. The van der Waals surface area contributed by atoms with Crippen molar-refractivity contribution in [2.45, 2.75) is 31.3 Å². The number of hydrogen-bond donors (Lipinski definition) is 2. The molecular weight excluding hydrogens is 256 g/mol. The molecule has 0 amide bonds. The summed E-state index contributed by atoms with van der Waals surface area (Å²) >= 11 is 0. The molecule has 1 saturated heterocycles. The van der Waals surface area contributed by atoms with E-state index >= 15 is 0 Å². The number of carbonyl (C=O) groups is 1. The van der Waals surface area contributed by atoms with Gasteiger partial charge in [0.05, 0.1) is 17.2 Å². The summed E-state index contributed by atoms with van der Waals surface area (Å²) in [6, 6.07) is 9.45. The zero-order valence-corrected chi connectivity index (χ0v) is 11.2. The van der Waals surface area contributed by atoms with Crippen LogP contribution in [0.2, 0.25) is 0 Å². The van der Waals surface area contributed by atoms with Gasteiger partial charge in [0, 0.05) is 25.2 Å². The number of benzene rings is 1. The van der Waals surface area contributed by atoms with Gasteiger partial charge in [-0.05, 0) is 43.5 Å². The summed E-state index contributed by atoms with van der Waals surface area (Å²) in [4.78, 5) is 12.7. The topological polar surface area (TPSA) is 84.6 Å². The summed E-state index contributed by atoms with van der Waals surface area (Å²) in [6.07, 6.45) is 1.46. The first kappa shape index (κ1) is 14.4. The molecule has 1 aromatic rings. The molecule has 1 aromatic carbocycles. The zero-order chi connectivity index (χ0) is 14.6.